The lowest BCUT2D eigenvalue weighted by Crippen LogP contribution is -2.27. The topological polar surface area (TPSA) is 49.8 Å². The van der Waals surface area contributed by atoms with Crippen LogP contribution < -0.4 is 4.74 Å². The predicted molar refractivity (Wildman–Crippen MR) is 92.5 cm³/mol. The molecule has 1 aromatic carbocycles. The molecule has 1 fully saturated rings. The number of thioether (sulfide) groups is 1. The van der Waals surface area contributed by atoms with Crippen LogP contribution in [0.3, 0.4) is 0 Å². The van der Waals surface area contributed by atoms with Crippen LogP contribution in [0.25, 0.3) is 6.08 Å². The SMILES string of the molecule is CCOc1cc(C=C2SC(=S)N(CC)C2=O)c(Br)cc1O. The van der Waals surface area contributed by atoms with Crippen molar-refractivity contribution in [3.05, 3.63) is 27.1 Å². The zero-order valence-electron chi connectivity index (χ0n) is 11.6. The van der Waals surface area contributed by atoms with Crippen molar-refractivity contribution in [3.63, 3.8) is 0 Å². The maximum absolute atomic E-state index is 12.2. The second-order valence-corrected chi connectivity index (χ2v) is 6.73. The Morgan fingerprint density at radius 1 is 1.48 bits per heavy atom. The average molecular weight is 388 g/mol. The smallest absolute Gasteiger partial charge is 0.266 e. The quantitative estimate of drug-likeness (QED) is 0.629. The molecule has 1 aliphatic rings. The maximum Gasteiger partial charge on any atom is 0.266 e. The second kappa shape index (κ2) is 6.81. The van der Waals surface area contributed by atoms with Crippen LogP contribution in [0.5, 0.6) is 11.5 Å². The molecular formula is C14H14BrNO3S2. The average Bonchev–Trinajstić information content (AvgIpc) is 2.69. The summed E-state index contributed by atoms with van der Waals surface area (Å²) in [6.07, 6.45) is 1.75. The number of phenols is 1. The second-order valence-electron chi connectivity index (χ2n) is 4.20. The van der Waals surface area contributed by atoms with Crippen LogP contribution in [0.2, 0.25) is 0 Å². The molecule has 1 saturated heterocycles. The molecule has 0 spiro atoms. The summed E-state index contributed by atoms with van der Waals surface area (Å²) in [5.74, 6) is 0.352. The van der Waals surface area contributed by atoms with Crippen LogP contribution in [0.15, 0.2) is 21.5 Å². The van der Waals surface area contributed by atoms with E-state index in [1.165, 1.54) is 11.8 Å². The number of ether oxygens (including phenoxy) is 1. The number of halogens is 1. The number of thiocarbonyl (C=S) groups is 1. The van der Waals surface area contributed by atoms with Gasteiger partial charge in [-0.3, -0.25) is 9.69 Å². The molecule has 2 rings (SSSR count). The third-order valence-corrected chi connectivity index (χ3v) is 4.92. The normalized spacial score (nSPS) is 16.9. The third-order valence-electron chi connectivity index (χ3n) is 2.85. The van der Waals surface area contributed by atoms with Crippen LogP contribution >= 0.6 is 39.9 Å². The van der Waals surface area contributed by atoms with Crippen molar-refractivity contribution in [2.45, 2.75) is 13.8 Å². The molecule has 1 heterocycles. The number of hydrogen-bond donors (Lipinski definition) is 1. The monoisotopic (exact) mass is 387 g/mol. The summed E-state index contributed by atoms with van der Waals surface area (Å²) in [5, 5.41) is 9.81. The standard InChI is InChI=1S/C14H14BrNO3S2/c1-3-16-13(18)12(21-14(16)20)6-8-5-11(19-4-2)10(17)7-9(8)15/h5-7,17H,3-4H2,1-2H3. The van der Waals surface area contributed by atoms with Crippen LogP contribution in [0.1, 0.15) is 19.4 Å². The van der Waals surface area contributed by atoms with Crippen molar-refractivity contribution < 1.29 is 14.6 Å². The number of hydrogen-bond acceptors (Lipinski definition) is 5. The Bertz CT molecular complexity index is 631. The van der Waals surface area contributed by atoms with Crippen molar-refractivity contribution in [1.29, 1.82) is 0 Å². The number of amides is 1. The summed E-state index contributed by atoms with van der Waals surface area (Å²) < 4.78 is 6.61. The van der Waals surface area contributed by atoms with Crippen LogP contribution in [-0.4, -0.2) is 33.4 Å². The van der Waals surface area contributed by atoms with Gasteiger partial charge in [-0.1, -0.05) is 39.9 Å². The molecule has 4 nitrogen and oxygen atoms in total. The highest BCUT2D eigenvalue weighted by Gasteiger charge is 2.30. The Balaban J connectivity index is 2.39. The number of phenolic OH excluding ortho intramolecular Hbond substituents is 1. The van der Waals surface area contributed by atoms with Crippen molar-refractivity contribution in [2.75, 3.05) is 13.2 Å². The van der Waals surface area contributed by atoms with E-state index in [1.807, 2.05) is 13.8 Å². The van der Waals surface area contributed by atoms with Gasteiger partial charge in [0.15, 0.2) is 11.5 Å². The molecule has 0 unspecified atom stereocenters. The van der Waals surface area contributed by atoms with E-state index in [0.717, 1.165) is 5.56 Å². The zero-order valence-corrected chi connectivity index (χ0v) is 14.8. The highest BCUT2D eigenvalue weighted by atomic mass is 79.9. The molecule has 0 aromatic heterocycles. The van der Waals surface area contributed by atoms with E-state index in [0.29, 0.717) is 32.6 Å². The molecule has 0 aliphatic carbocycles. The minimum absolute atomic E-state index is 0.0574. The van der Waals surface area contributed by atoms with Crippen LogP contribution in [-0.2, 0) is 4.79 Å². The minimum atomic E-state index is -0.0922. The van der Waals surface area contributed by atoms with Gasteiger partial charge in [-0.15, -0.1) is 0 Å². The van der Waals surface area contributed by atoms with Gasteiger partial charge >= 0.3 is 0 Å². The first kappa shape index (κ1) is 16.3. The van der Waals surface area contributed by atoms with E-state index in [1.54, 1.807) is 23.1 Å². The summed E-state index contributed by atoms with van der Waals surface area (Å²) in [6.45, 7) is 4.74. The molecule has 7 heteroatoms. The van der Waals surface area contributed by atoms with Gasteiger partial charge in [0.2, 0.25) is 0 Å². The van der Waals surface area contributed by atoms with Crippen molar-refractivity contribution in [1.82, 2.24) is 4.90 Å². The van der Waals surface area contributed by atoms with Gasteiger partial charge in [0.05, 0.1) is 11.5 Å². The van der Waals surface area contributed by atoms with E-state index in [9.17, 15) is 9.90 Å². The first-order valence-corrected chi connectivity index (χ1v) is 8.40. The molecule has 0 radical (unpaired) electrons. The molecule has 21 heavy (non-hydrogen) atoms. The zero-order chi connectivity index (χ0) is 15.6. The van der Waals surface area contributed by atoms with Gasteiger partial charge in [-0.2, -0.15) is 0 Å². The largest absolute Gasteiger partial charge is 0.504 e. The minimum Gasteiger partial charge on any atom is -0.504 e. The molecule has 0 atom stereocenters. The third kappa shape index (κ3) is 3.41. The highest BCUT2D eigenvalue weighted by molar-refractivity contribution is 9.10. The molecule has 112 valence electrons. The lowest BCUT2D eigenvalue weighted by atomic mass is 10.2. The number of carbonyl (C=O) groups excluding carboxylic acids is 1. The molecule has 1 amide bonds. The summed E-state index contributed by atoms with van der Waals surface area (Å²) in [4.78, 5) is 14.3. The lowest BCUT2D eigenvalue weighted by Gasteiger charge is -2.10. The van der Waals surface area contributed by atoms with Crippen LogP contribution in [0.4, 0.5) is 0 Å². The highest BCUT2D eigenvalue weighted by Crippen LogP contribution is 2.37. The van der Waals surface area contributed by atoms with Crippen molar-refractivity contribution >= 4 is 56.2 Å². The van der Waals surface area contributed by atoms with Gasteiger partial charge in [-0.25, -0.2) is 0 Å². The number of likely N-dealkylation sites (N-methyl/N-ethyl adjacent to an activating group) is 1. The van der Waals surface area contributed by atoms with E-state index < -0.39 is 0 Å². The van der Waals surface area contributed by atoms with E-state index >= 15 is 0 Å². The predicted octanol–water partition coefficient (Wildman–Crippen LogP) is 3.77. The first-order valence-electron chi connectivity index (χ1n) is 6.38. The van der Waals surface area contributed by atoms with Gasteiger partial charge in [0.1, 0.15) is 4.32 Å². The summed E-state index contributed by atoms with van der Waals surface area (Å²) in [6, 6.07) is 3.25. The lowest BCUT2D eigenvalue weighted by molar-refractivity contribution is -0.121. The Morgan fingerprint density at radius 3 is 2.76 bits per heavy atom. The fourth-order valence-electron chi connectivity index (χ4n) is 1.85. The van der Waals surface area contributed by atoms with E-state index in [-0.39, 0.29) is 11.7 Å². The fourth-order valence-corrected chi connectivity index (χ4v) is 3.68. The Labute approximate surface area is 141 Å². The van der Waals surface area contributed by atoms with Gasteiger partial charge in [-0.05, 0) is 37.6 Å². The molecule has 1 aliphatic heterocycles. The Kier molecular flexibility index (Phi) is 5.29. The summed E-state index contributed by atoms with van der Waals surface area (Å²) >= 11 is 9.84. The maximum atomic E-state index is 12.2. The summed E-state index contributed by atoms with van der Waals surface area (Å²) in [5.41, 5.74) is 0.757. The Morgan fingerprint density at radius 2 is 2.19 bits per heavy atom. The fraction of sp³-hybridized carbons (Fsp3) is 0.286. The van der Waals surface area contributed by atoms with Crippen molar-refractivity contribution in [2.24, 2.45) is 0 Å². The van der Waals surface area contributed by atoms with E-state index in [4.69, 9.17) is 17.0 Å². The van der Waals surface area contributed by atoms with E-state index in [2.05, 4.69) is 15.9 Å². The number of nitrogens with zero attached hydrogens (tertiary/aromatic N) is 1. The van der Waals surface area contributed by atoms with Crippen molar-refractivity contribution in [3.8, 4) is 11.5 Å². The molecule has 1 N–H and O–H groups in total. The molecular weight excluding hydrogens is 374 g/mol. The number of rotatable bonds is 4. The number of carbonyl (C=O) groups is 1. The number of aromatic hydroxyl groups is 1. The summed E-state index contributed by atoms with van der Waals surface area (Å²) in [7, 11) is 0. The van der Waals surface area contributed by atoms with Gasteiger partial charge in [0.25, 0.3) is 5.91 Å². The number of benzene rings is 1. The van der Waals surface area contributed by atoms with Crippen LogP contribution in [0, 0.1) is 0 Å². The Hall–Kier alpha value is -1.05. The first-order chi connectivity index (χ1) is 9.97. The molecule has 1 aromatic rings. The molecule has 0 saturated carbocycles. The van der Waals surface area contributed by atoms with Gasteiger partial charge < -0.3 is 9.84 Å². The molecule has 0 bridgehead atoms. The van der Waals surface area contributed by atoms with Gasteiger partial charge in [0, 0.05) is 11.0 Å².